The summed E-state index contributed by atoms with van der Waals surface area (Å²) in [6, 6.07) is 0. The fraction of sp³-hybridized carbons (Fsp3) is 0.429. The third-order valence-corrected chi connectivity index (χ3v) is 3.68. The molecule has 0 fully saturated rings. The number of rotatable bonds is 2. The van der Waals surface area contributed by atoms with E-state index in [1.807, 2.05) is 17.3 Å². The maximum Gasteiger partial charge on any atom is 0.219 e. The van der Waals surface area contributed by atoms with Crippen molar-refractivity contribution in [1.82, 2.24) is 19.9 Å². The molecule has 6 nitrogen and oxygen atoms in total. The molecule has 1 aliphatic heterocycles. The Morgan fingerprint density at radius 3 is 3.00 bits per heavy atom. The molecule has 0 spiro atoms. The van der Waals surface area contributed by atoms with Gasteiger partial charge in [0.2, 0.25) is 5.91 Å². The lowest BCUT2D eigenvalue weighted by molar-refractivity contribution is -0.129. The van der Waals surface area contributed by atoms with Crippen LogP contribution in [0.3, 0.4) is 0 Å². The maximum atomic E-state index is 11.5. The number of nitrogens with two attached hydrogens (primary N) is 1. The summed E-state index contributed by atoms with van der Waals surface area (Å²) in [6.45, 7) is 3.50. The fourth-order valence-electron chi connectivity index (χ4n) is 2.59. The molecule has 1 amide bonds. The number of aromatic nitrogens is 3. The molecule has 3 heterocycles. The van der Waals surface area contributed by atoms with Crippen LogP contribution < -0.4 is 5.73 Å². The van der Waals surface area contributed by atoms with E-state index < -0.39 is 0 Å². The Morgan fingerprint density at radius 2 is 2.25 bits per heavy atom. The number of hydrogen-bond donors (Lipinski definition) is 1. The maximum absolute atomic E-state index is 11.5. The molecule has 0 atom stereocenters. The molecule has 2 aromatic rings. The Hall–Kier alpha value is -2.08. The van der Waals surface area contributed by atoms with Crippen molar-refractivity contribution in [3.05, 3.63) is 29.3 Å². The van der Waals surface area contributed by atoms with Crippen molar-refractivity contribution in [2.75, 3.05) is 13.1 Å². The lowest BCUT2D eigenvalue weighted by Gasteiger charge is -2.28. The predicted octanol–water partition coefficient (Wildman–Crippen LogP) is 0.431. The Kier molecular flexibility index (Phi) is 3.31. The number of nitrogens with zero attached hydrogens (tertiary/aromatic N) is 4. The van der Waals surface area contributed by atoms with Crippen LogP contribution in [0.5, 0.6) is 0 Å². The zero-order chi connectivity index (χ0) is 14.1. The minimum atomic E-state index is 0.102. The number of carbonyl (C=O) groups excluding carboxylic acids is 1. The number of hydrogen-bond acceptors (Lipinski definition) is 5. The summed E-state index contributed by atoms with van der Waals surface area (Å²) >= 11 is 0. The van der Waals surface area contributed by atoms with E-state index in [1.165, 1.54) is 5.56 Å². The molecule has 2 N–H and O–H groups in total. The van der Waals surface area contributed by atoms with Gasteiger partial charge in [0.05, 0.1) is 0 Å². The molecule has 6 heteroatoms. The van der Waals surface area contributed by atoms with Gasteiger partial charge < -0.3 is 10.6 Å². The third-order valence-electron chi connectivity index (χ3n) is 3.68. The quantitative estimate of drug-likeness (QED) is 0.856. The van der Waals surface area contributed by atoms with Crippen LogP contribution >= 0.6 is 0 Å². The topological polar surface area (TPSA) is 85.0 Å². The Bertz CT molecular complexity index is 670. The highest BCUT2D eigenvalue weighted by atomic mass is 16.2. The van der Waals surface area contributed by atoms with E-state index in [0.717, 1.165) is 35.4 Å². The van der Waals surface area contributed by atoms with E-state index in [2.05, 4.69) is 15.0 Å². The van der Waals surface area contributed by atoms with Gasteiger partial charge in [-0.3, -0.25) is 4.79 Å². The Balaban J connectivity index is 2.02. The first-order valence-corrected chi connectivity index (χ1v) is 6.77. The van der Waals surface area contributed by atoms with Crippen LogP contribution in [0.2, 0.25) is 0 Å². The molecule has 1 aliphatic rings. The van der Waals surface area contributed by atoms with E-state index in [0.29, 0.717) is 19.5 Å². The summed E-state index contributed by atoms with van der Waals surface area (Å²) in [4.78, 5) is 26.5. The molecule has 2 aromatic heterocycles. The van der Waals surface area contributed by atoms with Crippen LogP contribution in [0.15, 0.2) is 12.4 Å². The molecule has 104 valence electrons. The average Bonchev–Trinajstić information content (AvgIpc) is 2.46. The molecular weight excluding hydrogens is 254 g/mol. The molecule has 0 bridgehead atoms. The zero-order valence-corrected chi connectivity index (χ0v) is 11.5. The first-order valence-electron chi connectivity index (χ1n) is 6.77. The van der Waals surface area contributed by atoms with E-state index >= 15 is 0 Å². The summed E-state index contributed by atoms with van der Waals surface area (Å²) in [5.41, 5.74) is 8.55. The second-order valence-corrected chi connectivity index (χ2v) is 5.01. The van der Waals surface area contributed by atoms with Crippen LogP contribution in [-0.4, -0.2) is 38.8 Å². The van der Waals surface area contributed by atoms with Gasteiger partial charge in [-0.2, -0.15) is 0 Å². The zero-order valence-electron chi connectivity index (χ0n) is 11.5. The van der Waals surface area contributed by atoms with Gasteiger partial charge in [-0.15, -0.1) is 0 Å². The highest BCUT2D eigenvalue weighted by Gasteiger charge is 2.20. The van der Waals surface area contributed by atoms with Crippen molar-refractivity contribution in [1.29, 1.82) is 0 Å². The second-order valence-electron chi connectivity index (χ2n) is 5.01. The molecule has 0 saturated carbocycles. The summed E-state index contributed by atoms with van der Waals surface area (Å²) in [6.07, 6.45) is 5.15. The number of fused-ring (bicyclic) bond motifs is 3. The minimum Gasteiger partial charge on any atom is -0.338 e. The summed E-state index contributed by atoms with van der Waals surface area (Å²) in [5.74, 6) is 0.832. The lowest BCUT2D eigenvalue weighted by atomic mass is 9.99. The van der Waals surface area contributed by atoms with Crippen molar-refractivity contribution >= 4 is 16.9 Å². The molecule has 0 unspecified atom stereocenters. The molecule has 0 aromatic carbocycles. The Morgan fingerprint density at radius 1 is 1.40 bits per heavy atom. The van der Waals surface area contributed by atoms with Gasteiger partial charge in [0.1, 0.15) is 5.82 Å². The van der Waals surface area contributed by atoms with Gasteiger partial charge >= 0.3 is 0 Å². The molecule has 3 rings (SSSR count). The van der Waals surface area contributed by atoms with Gasteiger partial charge in [0, 0.05) is 44.2 Å². The van der Waals surface area contributed by atoms with Crippen molar-refractivity contribution in [2.45, 2.75) is 26.3 Å². The molecule has 0 aliphatic carbocycles. The average molecular weight is 271 g/mol. The van der Waals surface area contributed by atoms with E-state index in [9.17, 15) is 4.79 Å². The second kappa shape index (κ2) is 5.13. The van der Waals surface area contributed by atoms with E-state index in [4.69, 9.17) is 5.73 Å². The van der Waals surface area contributed by atoms with Crippen LogP contribution in [0.1, 0.15) is 23.9 Å². The van der Waals surface area contributed by atoms with Crippen molar-refractivity contribution in [2.24, 2.45) is 5.73 Å². The molecule has 0 saturated heterocycles. The normalized spacial score (nSPS) is 14.4. The first kappa shape index (κ1) is 12.9. The predicted molar refractivity (Wildman–Crippen MR) is 74.9 cm³/mol. The molecule has 0 radical (unpaired) electrons. The summed E-state index contributed by atoms with van der Waals surface area (Å²) < 4.78 is 0. The number of pyridine rings is 1. The first-order chi connectivity index (χ1) is 9.69. The highest BCUT2D eigenvalue weighted by Crippen LogP contribution is 2.24. The highest BCUT2D eigenvalue weighted by molar-refractivity contribution is 5.80. The van der Waals surface area contributed by atoms with Crippen molar-refractivity contribution in [3.8, 4) is 0 Å². The van der Waals surface area contributed by atoms with Crippen LogP contribution in [0, 0.1) is 0 Å². The summed E-state index contributed by atoms with van der Waals surface area (Å²) in [7, 11) is 0. The third kappa shape index (κ3) is 2.22. The standard InChI is InChI=1S/C14H17N5O/c1-9(20)19-5-3-11-10(8-19)6-17-14-12(11)7-16-13(18-14)2-4-15/h6-7H,2-5,8,15H2,1H3. The van der Waals surface area contributed by atoms with E-state index in [1.54, 1.807) is 6.92 Å². The van der Waals surface area contributed by atoms with Gasteiger partial charge in [-0.05, 0) is 24.1 Å². The van der Waals surface area contributed by atoms with Gasteiger partial charge in [-0.25, -0.2) is 15.0 Å². The van der Waals surface area contributed by atoms with Gasteiger partial charge in [0.15, 0.2) is 5.65 Å². The minimum absolute atomic E-state index is 0.102. The van der Waals surface area contributed by atoms with Gasteiger partial charge in [0.25, 0.3) is 0 Å². The van der Waals surface area contributed by atoms with Crippen molar-refractivity contribution in [3.63, 3.8) is 0 Å². The van der Waals surface area contributed by atoms with Crippen molar-refractivity contribution < 1.29 is 4.79 Å². The monoisotopic (exact) mass is 271 g/mol. The number of amides is 1. The smallest absolute Gasteiger partial charge is 0.219 e. The Labute approximate surface area is 117 Å². The fourth-order valence-corrected chi connectivity index (χ4v) is 2.59. The SMILES string of the molecule is CC(=O)N1CCc2c(cnc3nc(CCN)ncc23)C1. The number of carbonyl (C=O) groups is 1. The van der Waals surface area contributed by atoms with E-state index in [-0.39, 0.29) is 5.91 Å². The molecule has 20 heavy (non-hydrogen) atoms. The molecular formula is C14H17N5O. The summed E-state index contributed by atoms with van der Waals surface area (Å²) in [5, 5.41) is 0.992. The van der Waals surface area contributed by atoms with Crippen LogP contribution in [0.4, 0.5) is 0 Å². The lowest BCUT2D eigenvalue weighted by Crippen LogP contribution is -2.34. The largest absolute Gasteiger partial charge is 0.338 e. The van der Waals surface area contributed by atoms with Gasteiger partial charge in [-0.1, -0.05) is 0 Å². The van der Waals surface area contributed by atoms with Crippen LogP contribution in [0.25, 0.3) is 11.0 Å². The van der Waals surface area contributed by atoms with Crippen LogP contribution in [-0.2, 0) is 24.2 Å².